The first-order valence-electron chi connectivity index (χ1n) is 9.88. The molecule has 0 bridgehead atoms. The first-order chi connectivity index (χ1) is 13.6. The van der Waals surface area contributed by atoms with E-state index in [4.69, 9.17) is 9.52 Å². The molecule has 0 spiro atoms. The lowest BCUT2D eigenvalue weighted by Gasteiger charge is -2.21. The van der Waals surface area contributed by atoms with Crippen LogP contribution in [-0.2, 0) is 5.41 Å². The molecule has 1 N–H and O–H groups in total. The summed E-state index contributed by atoms with van der Waals surface area (Å²) in [6, 6.07) is 9.53. The van der Waals surface area contributed by atoms with E-state index in [9.17, 15) is 4.79 Å². The number of nitrogens with one attached hydrogen (secondary N) is 1. The van der Waals surface area contributed by atoms with Crippen LogP contribution < -0.4 is 5.32 Å². The van der Waals surface area contributed by atoms with Crippen LogP contribution in [0.25, 0.3) is 17.3 Å². The molecule has 1 unspecified atom stereocenters. The van der Waals surface area contributed by atoms with Crippen LogP contribution in [-0.4, -0.2) is 31.9 Å². The van der Waals surface area contributed by atoms with Gasteiger partial charge in [-0.25, -0.2) is 4.68 Å². The van der Waals surface area contributed by atoms with Gasteiger partial charge in [-0.15, -0.1) is 10.2 Å². The van der Waals surface area contributed by atoms with Crippen molar-refractivity contribution in [2.75, 3.05) is 0 Å². The number of carbonyl (C=O) groups excluding carboxylic acids is 1. The normalized spacial score (nSPS) is 13.0. The molecule has 7 heteroatoms. The highest BCUT2D eigenvalue weighted by Gasteiger charge is 2.24. The Hall–Kier alpha value is -2.96. The number of aryl methyl sites for hydroxylation is 1. The Labute approximate surface area is 171 Å². The second kappa shape index (κ2) is 7.81. The molecule has 1 aromatic carbocycles. The van der Waals surface area contributed by atoms with Crippen LogP contribution in [0.1, 0.15) is 63.5 Å². The van der Waals surface area contributed by atoms with Gasteiger partial charge >= 0.3 is 0 Å². The van der Waals surface area contributed by atoms with Gasteiger partial charge in [-0.05, 0) is 37.1 Å². The van der Waals surface area contributed by atoms with Crippen molar-refractivity contribution in [1.29, 1.82) is 0 Å². The molecule has 0 saturated carbocycles. The lowest BCUT2D eigenvalue weighted by molar-refractivity contribution is 0.0930. The zero-order chi connectivity index (χ0) is 21.3. The maximum atomic E-state index is 12.7. The zero-order valence-corrected chi connectivity index (χ0v) is 18.1. The van der Waals surface area contributed by atoms with E-state index in [0.29, 0.717) is 29.0 Å². The van der Waals surface area contributed by atoms with Crippen LogP contribution >= 0.6 is 0 Å². The molecule has 1 atom stereocenters. The van der Waals surface area contributed by atoms with Gasteiger partial charge in [-0.1, -0.05) is 40.7 Å². The Morgan fingerprint density at radius 3 is 2.45 bits per heavy atom. The van der Waals surface area contributed by atoms with Crippen LogP contribution in [0, 0.1) is 12.8 Å². The fourth-order valence-corrected chi connectivity index (χ4v) is 2.85. The summed E-state index contributed by atoms with van der Waals surface area (Å²) in [6.45, 7) is 14.3. The van der Waals surface area contributed by atoms with Crippen molar-refractivity contribution < 1.29 is 9.21 Å². The maximum absolute atomic E-state index is 12.7. The number of hydrogen-bond donors (Lipinski definition) is 1. The van der Waals surface area contributed by atoms with Gasteiger partial charge in [0.25, 0.3) is 11.8 Å². The number of carbonyl (C=O) groups is 1. The van der Waals surface area contributed by atoms with Crippen molar-refractivity contribution in [2.24, 2.45) is 5.92 Å². The molecule has 1 amide bonds. The maximum Gasteiger partial charge on any atom is 0.268 e. The minimum Gasteiger partial charge on any atom is -0.420 e. The summed E-state index contributed by atoms with van der Waals surface area (Å²) < 4.78 is 7.40. The number of hydrogen-bond acceptors (Lipinski definition) is 5. The second-order valence-corrected chi connectivity index (χ2v) is 8.76. The number of benzene rings is 1. The van der Waals surface area contributed by atoms with Crippen molar-refractivity contribution in [3.05, 3.63) is 47.5 Å². The quantitative estimate of drug-likeness (QED) is 0.696. The SMILES string of the molecule is Cc1nnc(-c2cc(C(C)(C)C)n(-c3cccc(C(=O)NC(C)C(C)C)c3)n2)o1. The fraction of sp³-hybridized carbons (Fsp3) is 0.455. The molecule has 0 saturated heterocycles. The second-order valence-electron chi connectivity index (χ2n) is 8.76. The summed E-state index contributed by atoms with van der Waals surface area (Å²) in [4.78, 5) is 12.7. The molecule has 0 radical (unpaired) electrons. The van der Waals surface area contributed by atoms with Crippen LogP contribution in [0.3, 0.4) is 0 Å². The monoisotopic (exact) mass is 395 g/mol. The number of rotatable bonds is 5. The molecule has 0 aliphatic rings. The molecule has 29 heavy (non-hydrogen) atoms. The fourth-order valence-electron chi connectivity index (χ4n) is 2.85. The van der Waals surface area contributed by atoms with Crippen LogP contribution in [0.4, 0.5) is 0 Å². The van der Waals surface area contributed by atoms with Crippen molar-refractivity contribution in [3.8, 4) is 17.3 Å². The number of aromatic nitrogens is 4. The Morgan fingerprint density at radius 1 is 1.14 bits per heavy atom. The van der Waals surface area contributed by atoms with E-state index in [1.165, 1.54) is 0 Å². The summed E-state index contributed by atoms with van der Waals surface area (Å²) in [5.74, 6) is 1.14. The van der Waals surface area contributed by atoms with Gasteiger partial charge < -0.3 is 9.73 Å². The molecule has 2 heterocycles. The predicted octanol–water partition coefficient (Wildman–Crippen LogP) is 4.30. The molecule has 0 fully saturated rings. The largest absolute Gasteiger partial charge is 0.420 e. The molecule has 2 aromatic heterocycles. The van der Waals surface area contributed by atoms with Gasteiger partial charge in [0.15, 0.2) is 0 Å². The smallest absolute Gasteiger partial charge is 0.268 e. The molecule has 7 nitrogen and oxygen atoms in total. The van der Waals surface area contributed by atoms with Gasteiger partial charge in [0.05, 0.1) is 11.4 Å². The topological polar surface area (TPSA) is 85.8 Å². The van der Waals surface area contributed by atoms with Crippen molar-refractivity contribution >= 4 is 5.91 Å². The van der Waals surface area contributed by atoms with Crippen LogP contribution in [0.15, 0.2) is 34.7 Å². The first kappa shape index (κ1) is 20.8. The number of nitrogens with zero attached hydrogens (tertiary/aromatic N) is 4. The van der Waals surface area contributed by atoms with Crippen LogP contribution in [0.2, 0.25) is 0 Å². The lowest BCUT2D eigenvalue weighted by Crippen LogP contribution is -2.36. The molecule has 3 aromatic rings. The third-order valence-electron chi connectivity index (χ3n) is 4.93. The Kier molecular flexibility index (Phi) is 5.59. The predicted molar refractivity (Wildman–Crippen MR) is 112 cm³/mol. The third-order valence-corrected chi connectivity index (χ3v) is 4.93. The summed E-state index contributed by atoms with van der Waals surface area (Å²) in [6.07, 6.45) is 0. The lowest BCUT2D eigenvalue weighted by atomic mass is 9.91. The van der Waals surface area contributed by atoms with Crippen molar-refractivity contribution in [2.45, 2.75) is 59.9 Å². The molecular weight excluding hydrogens is 366 g/mol. The van der Waals surface area contributed by atoms with Gasteiger partial charge in [0.1, 0.15) is 5.69 Å². The molecule has 3 rings (SSSR count). The van der Waals surface area contributed by atoms with E-state index in [-0.39, 0.29) is 17.4 Å². The van der Waals surface area contributed by atoms with E-state index < -0.39 is 0 Å². The molecule has 0 aliphatic carbocycles. The third kappa shape index (κ3) is 4.55. The molecule has 154 valence electrons. The Balaban J connectivity index is 2.02. The van der Waals surface area contributed by atoms with Gasteiger partial charge in [-0.2, -0.15) is 5.10 Å². The highest BCUT2D eigenvalue weighted by atomic mass is 16.4. The molecule has 0 aliphatic heterocycles. The van der Waals surface area contributed by atoms with E-state index in [1.807, 2.05) is 41.9 Å². The summed E-state index contributed by atoms with van der Waals surface area (Å²) >= 11 is 0. The van der Waals surface area contributed by atoms with E-state index in [0.717, 1.165) is 11.4 Å². The number of amides is 1. The Bertz CT molecular complexity index is 1010. The average Bonchev–Trinajstić information content (AvgIpc) is 3.27. The highest BCUT2D eigenvalue weighted by Crippen LogP contribution is 2.29. The van der Waals surface area contributed by atoms with Crippen molar-refractivity contribution in [1.82, 2.24) is 25.3 Å². The standard InChI is InChI=1S/C22H29N5O2/c1-13(2)14(3)23-20(28)16-9-8-10-17(11-16)27-19(22(5,6)7)12-18(26-27)21-25-24-15(4)29-21/h8-14H,1-7H3,(H,23,28). The van der Waals surface area contributed by atoms with Gasteiger partial charge in [-0.3, -0.25) is 4.79 Å². The van der Waals surface area contributed by atoms with Crippen molar-refractivity contribution in [3.63, 3.8) is 0 Å². The summed E-state index contributed by atoms with van der Waals surface area (Å²) in [5.41, 5.74) is 2.82. The Morgan fingerprint density at radius 2 is 1.86 bits per heavy atom. The highest BCUT2D eigenvalue weighted by molar-refractivity contribution is 5.94. The van der Waals surface area contributed by atoms with Gasteiger partial charge in [0, 0.05) is 23.9 Å². The van der Waals surface area contributed by atoms with E-state index in [2.05, 4.69) is 50.1 Å². The molecular formula is C22H29N5O2. The minimum atomic E-state index is -0.176. The van der Waals surface area contributed by atoms with E-state index in [1.54, 1.807) is 6.92 Å². The van der Waals surface area contributed by atoms with Gasteiger partial charge in [0.2, 0.25) is 5.89 Å². The summed E-state index contributed by atoms with van der Waals surface area (Å²) in [7, 11) is 0. The summed E-state index contributed by atoms with van der Waals surface area (Å²) in [5, 5.41) is 15.7. The minimum absolute atomic E-state index is 0.0911. The average molecular weight is 396 g/mol. The van der Waals surface area contributed by atoms with Crippen LogP contribution in [0.5, 0.6) is 0 Å². The zero-order valence-electron chi connectivity index (χ0n) is 18.1. The van der Waals surface area contributed by atoms with E-state index >= 15 is 0 Å². The first-order valence-corrected chi connectivity index (χ1v) is 9.88.